The number of nitrogens with zero attached hydrogens (tertiary/aromatic N) is 3. The first-order valence-corrected chi connectivity index (χ1v) is 10.2. The number of fused-ring (bicyclic) bond motifs is 1. The van der Waals surface area contributed by atoms with E-state index in [4.69, 9.17) is 0 Å². The summed E-state index contributed by atoms with van der Waals surface area (Å²) in [7, 11) is -3.92. The van der Waals surface area contributed by atoms with Crippen molar-refractivity contribution < 1.29 is 17.2 Å². The van der Waals surface area contributed by atoms with Gasteiger partial charge in [0, 0.05) is 26.2 Å². The smallest absolute Gasteiger partial charge is 0.239 e. The quantitative estimate of drug-likeness (QED) is 0.746. The van der Waals surface area contributed by atoms with Crippen LogP contribution in [0.4, 0.5) is 20.3 Å². The van der Waals surface area contributed by atoms with E-state index < -0.39 is 26.5 Å². The lowest BCUT2D eigenvalue weighted by molar-refractivity contribution is 0.514. The first kappa shape index (κ1) is 18.6. The molecule has 1 aliphatic rings. The summed E-state index contributed by atoms with van der Waals surface area (Å²) in [6.07, 6.45) is 0. The van der Waals surface area contributed by atoms with Gasteiger partial charge in [0.15, 0.2) is 21.5 Å². The zero-order valence-corrected chi connectivity index (χ0v) is 15.6. The van der Waals surface area contributed by atoms with Crippen LogP contribution in [0.1, 0.15) is 19.4 Å². The van der Waals surface area contributed by atoms with Crippen molar-refractivity contribution in [3.63, 3.8) is 0 Å². The summed E-state index contributed by atoms with van der Waals surface area (Å²) in [6.45, 7) is 4.72. The fraction of sp³-hybridized carbons (Fsp3) is 0.389. The van der Waals surface area contributed by atoms with Crippen molar-refractivity contribution in [2.24, 2.45) is 0 Å². The normalized spacial score (nSPS) is 15.6. The van der Waals surface area contributed by atoms with Crippen LogP contribution in [0.15, 0.2) is 35.2 Å². The number of hydrogen-bond donors (Lipinski definition) is 0. The number of rotatable bonds is 5. The highest BCUT2D eigenvalue weighted by Gasteiger charge is 2.37. The standard InChI is InChI=1S/C18H21F2N3O2S/c1-3-22(4-2)18-14(19)16-15(17(20)21-18)23(10-11-26(16,24)25)12-13-8-6-5-7-9-13/h5-9H,3-4,10-12H2,1-2H3. The van der Waals surface area contributed by atoms with Crippen LogP contribution in [0, 0.1) is 11.8 Å². The second kappa shape index (κ2) is 7.19. The molecular formula is C18H21F2N3O2S. The molecule has 0 N–H and O–H groups in total. The predicted molar refractivity (Wildman–Crippen MR) is 97.3 cm³/mol. The van der Waals surface area contributed by atoms with Crippen molar-refractivity contribution >= 4 is 21.3 Å². The van der Waals surface area contributed by atoms with Crippen LogP contribution in [0.3, 0.4) is 0 Å². The van der Waals surface area contributed by atoms with Crippen LogP contribution in [-0.2, 0) is 16.4 Å². The van der Waals surface area contributed by atoms with Gasteiger partial charge in [0.25, 0.3) is 0 Å². The number of halogens is 2. The molecule has 5 nitrogen and oxygen atoms in total. The van der Waals surface area contributed by atoms with Gasteiger partial charge in [-0.15, -0.1) is 0 Å². The van der Waals surface area contributed by atoms with Gasteiger partial charge in [0.05, 0.1) is 5.75 Å². The molecule has 1 aromatic heterocycles. The van der Waals surface area contributed by atoms with E-state index in [-0.39, 0.29) is 30.3 Å². The van der Waals surface area contributed by atoms with Gasteiger partial charge in [0.2, 0.25) is 5.95 Å². The summed E-state index contributed by atoms with van der Waals surface area (Å²) in [6, 6.07) is 9.25. The van der Waals surface area contributed by atoms with Gasteiger partial charge in [-0.3, -0.25) is 0 Å². The summed E-state index contributed by atoms with van der Waals surface area (Å²) in [5, 5.41) is 0. The third-order valence-corrected chi connectivity index (χ3v) is 6.26. The van der Waals surface area contributed by atoms with Crippen LogP contribution in [-0.4, -0.2) is 38.8 Å². The third kappa shape index (κ3) is 3.25. The number of hydrogen-bond acceptors (Lipinski definition) is 5. The summed E-state index contributed by atoms with van der Waals surface area (Å²) in [4.78, 5) is 6.24. The SMILES string of the molecule is CCN(CC)c1nc(F)c2c(c1F)S(=O)(=O)CCN2Cc1ccccc1. The van der Waals surface area contributed by atoms with Gasteiger partial charge >= 0.3 is 0 Å². The molecule has 8 heteroatoms. The Morgan fingerprint density at radius 3 is 2.42 bits per heavy atom. The average molecular weight is 381 g/mol. The first-order chi connectivity index (χ1) is 12.4. The molecule has 1 aliphatic heterocycles. The van der Waals surface area contributed by atoms with E-state index in [9.17, 15) is 12.8 Å². The second-order valence-electron chi connectivity index (χ2n) is 6.12. The topological polar surface area (TPSA) is 53.5 Å². The maximum absolute atomic E-state index is 15.1. The summed E-state index contributed by atoms with van der Waals surface area (Å²) >= 11 is 0. The van der Waals surface area contributed by atoms with Gasteiger partial charge in [-0.25, -0.2) is 12.8 Å². The first-order valence-electron chi connectivity index (χ1n) is 8.54. The van der Waals surface area contributed by atoms with Crippen LogP contribution < -0.4 is 9.80 Å². The molecule has 0 spiro atoms. The Balaban J connectivity index is 2.15. The van der Waals surface area contributed by atoms with Crippen LogP contribution >= 0.6 is 0 Å². The molecule has 0 fully saturated rings. The molecule has 2 heterocycles. The Morgan fingerprint density at radius 2 is 1.81 bits per heavy atom. The third-order valence-electron chi connectivity index (χ3n) is 4.55. The van der Waals surface area contributed by atoms with E-state index in [0.717, 1.165) is 5.56 Å². The van der Waals surface area contributed by atoms with Gasteiger partial charge in [0.1, 0.15) is 10.6 Å². The Labute approximate surface area is 152 Å². The molecule has 2 aromatic rings. The molecule has 0 saturated carbocycles. The number of pyridine rings is 1. The zero-order valence-electron chi connectivity index (χ0n) is 14.7. The monoisotopic (exact) mass is 381 g/mol. The van der Waals surface area contributed by atoms with E-state index >= 15 is 4.39 Å². The molecular weight excluding hydrogens is 360 g/mol. The van der Waals surface area contributed by atoms with E-state index in [1.165, 1.54) is 4.90 Å². The molecule has 0 radical (unpaired) electrons. The van der Waals surface area contributed by atoms with Gasteiger partial charge < -0.3 is 9.80 Å². The molecule has 0 atom stereocenters. The minimum Gasteiger partial charge on any atom is -0.361 e. The van der Waals surface area contributed by atoms with E-state index in [1.807, 2.05) is 30.3 Å². The summed E-state index contributed by atoms with van der Waals surface area (Å²) in [5.41, 5.74) is 0.610. The van der Waals surface area contributed by atoms with E-state index in [2.05, 4.69) is 4.98 Å². The summed E-state index contributed by atoms with van der Waals surface area (Å²) < 4.78 is 55.0. The number of aromatic nitrogens is 1. The van der Waals surface area contributed by atoms with Crippen molar-refractivity contribution in [2.75, 3.05) is 35.2 Å². The molecule has 0 unspecified atom stereocenters. The lowest BCUT2D eigenvalue weighted by atomic mass is 10.2. The van der Waals surface area contributed by atoms with Crippen molar-refractivity contribution in [1.82, 2.24) is 4.98 Å². The Hall–Kier alpha value is -2.22. The minimum absolute atomic E-state index is 0.0902. The van der Waals surface area contributed by atoms with Gasteiger partial charge in [-0.1, -0.05) is 30.3 Å². The van der Waals surface area contributed by atoms with Crippen molar-refractivity contribution in [2.45, 2.75) is 25.3 Å². The van der Waals surface area contributed by atoms with Crippen molar-refractivity contribution in [3.8, 4) is 0 Å². The Bertz CT molecular complexity index is 900. The largest absolute Gasteiger partial charge is 0.361 e. The van der Waals surface area contributed by atoms with Crippen LogP contribution in [0.2, 0.25) is 0 Å². The molecule has 3 rings (SSSR count). The van der Waals surface area contributed by atoms with Crippen LogP contribution in [0.5, 0.6) is 0 Å². The lowest BCUT2D eigenvalue weighted by Gasteiger charge is -2.32. The second-order valence-corrected chi connectivity index (χ2v) is 8.16. The fourth-order valence-corrected chi connectivity index (χ4v) is 4.73. The number of sulfone groups is 1. The lowest BCUT2D eigenvalue weighted by Crippen LogP contribution is -2.37. The van der Waals surface area contributed by atoms with Crippen molar-refractivity contribution in [1.29, 1.82) is 0 Å². The zero-order chi connectivity index (χ0) is 18.9. The Kier molecular flexibility index (Phi) is 5.13. The molecule has 140 valence electrons. The summed E-state index contributed by atoms with van der Waals surface area (Å²) in [5.74, 6) is -2.44. The average Bonchev–Trinajstić information content (AvgIpc) is 2.62. The highest BCUT2D eigenvalue weighted by molar-refractivity contribution is 7.91. The predicted octanol–water partition coefficient (Wildman–Crippen LogP) is 3.00. The highest BCUT2D eigenvalue weighted by Crippen LogP contribution is 2.38. The molecule has 1 aromatic carbocycles. The van der Waals surface area contributed by atoms with E-state index in [1.54, 1.807) is 18.7 Å². The fourth-order valence-electron chi connectivity index (χ4n) is 3.19. The van der Waals surface area contributed by atoms with Gasteiger partial charge in [-0.2, -0.15) is 9.37 Å². The van der Waals surface area contributed by atoms with Gasteiger partial charge in [-0.05, 0) is 19.4 Å². The van der Waals surface area contributed by atoms with E-state index in [0.29, 0.717) is 13.1 Å². The highest BCUT2D eigenvalue weighted by atomic mass is 32.2. The number of anilines is 2. The molecule has 0 bridgehead atoms. The van der Waals surface area contributed by atoms with Crippen LogP contribution in [0.25, 0.3) is 0 Å². The Morgan fingerprint density at radius 1 is 1.15 bits per heavy atom. The molecule has 26 heavy (non-hydrogen) atoms. The molecule has 0 saturated heterocycles. The maximum Gasteiger partial charge on any atom is 0.239 e. The number of benzene rings is 1. The minimum atomic E-state index is -3.92. The molecule has 0 aliphatic carbocycles. The van der Waals surface area contributed by atoms with Crippen molar-refractivity contribution in [3.05, 3.63) is 47.7 Å². The molecule has 0 amide bonds. The maximum atomic E-state index is 15.1.